The molecule has 11 N–H and O–H groups in total. The lowest BCUT2D eigenvalue weighted by Crippen LogP contribution is -2.59. The molecule has 2 aliphatic rings. The van der Waals surface area contributed by atoms with Crippen LogP contribution in [0.1, 0.15) is 110 Å². The standard InChI is InChI=1S/C23H49N2O5P.C13H25NO7.C4H5NO3/c1-5-6-7-8-9-10-11-12-13-14-15-16-17-18-23(26)22(24)21-30-31(27,28)29-20-19-25(2,3)4;1-2-3-4-8(16)7(14)6-20-13-12(19)11(18)10(17)9(5-15)21-13;6-3-1-2-4(7)5(3)8/h17-18,22-23,26H,5-16,19-21,24H2,1-4H3;3-4,7-13,15-19H,2,5-6,14H2,1H3;8H,1-2H2/b18-17+;4-3+;/t;7-,8+,9?,10?,11?,12?,13?;/m.0./s1. The molecule has 60 heavy (non-hydrogen) atoms. The fourth-order valence-electron chi connectivity index (χ4n) is 5.54. The summed E-state index contributed by atoms with van der Waals surface area (Å²) in [5, 5.41) is 66.3. The van der Waals surface area contributed by atoms with Gasteiger partial charge in [-0.25, -0.2) is 0 Å². The highest BCUT2D eigenvalue weighted by atomic mass is 31.2. The number of likely N-dealkylation sites (N-methyl/N-ethyl adjacent to an activating group) is 1. The smallest absolute Gasteiger partial charge is 0.268 e. The number of hydroxylamine groups is 2. The highest BCUT2D eigenvalue weighted by molar-refractivity contribution is 7.45. The van der Waals surface area contributed by atoms with E-state index in [4.69, 9.17) is 40.3 Å². The zero-order chi connectivity index (χ0) is 45.7. The number of unbranched alkanes of at least 4 members (excludes halogenated alkanes) is 11. The number of ether oxygens (including phenoxy) is 2. The van der Waals surface area contributed by atoms with E-state index in [0.29, 0.717) is 11.0 Å². The molecule has 0 aromatic rings. The molecule has 2 heterocycles. The zero-order valence-electron chi connectivity index (χ0n) is 36.5. The molecule has 19 nitrogen and oxygen atoms in total. The second-order valence-electron chi connectivity index (χ2n) is 16.1. The van der Waals surface area contributed by atoms with Crippen molar-refractivity contribution in [3.8, 4) is 0 Å². The lowest BCUT2D eigenvalue weighted by atomic mass is 9.99. The van der Waals surface area contributed by atoms with Crippen molar-refractivity contribution in [3.63, 3.8) is 0 Å². The molecule has 0 aliphatic carbocycles. The number of allylic oxidation sites excluding steroid dienone is 2. The van der Waals surface area contributed by atoms with Gasteiger partial charge in [0.05, 0.1) is 65.3 Å². The molecule has 0 saturated carbocycles. The van der Waals surface area contributed by atoms with E-state index in [1.165, 1.54) is 64.2 Å². The molecule has 20 heteroatoms. The average molecular weight is 887 g/mol. The van der Waals surface area contributed by atoms with Gasteiger partial charge in [0.1, 0.15) is 37.6 Å². The van der Waals surface area contributed by atoms with E-state index in [2.05, 4.69) is 6.92 Å². The van der Waals surface area contributed by atoms with E-state index in [0.717, 1.165) is 19.3 Å². The minimum atomic E-state index is -4.41. The van der Waals surface area contributed by atoms with Gasteiger partial charge in [0.25, 0.3) is 19.6 Å². The van der Waals surface area contributed by atoms with Gasteiger partial charge in [-0.2, -0.15) is 5.06 Å². The monoisotopic (exact) mass is 887 g/mol. The minimum Gasteiger partial charge on any atom is -0.756 e. The Labute approximate surface area is 357 Å². The first-order chi connectivity index (χ1) is 28.2. The highest BCUT2D eigenvalue weighted by Gasteiger charge is 2.44. The number of amides is 2. The summed E-state index contributed by atoms with van der Waals surface area (Å²) < 4.78 is 32.3. The van der Waals surface area contributed by atoms with Gasteiger partial charge in [-0.3, -0.25) is 19.4 Å². The Morgan fingerprint density at radius 1 is 0.817 bits per heavy atom. The molecule has 10 atom stereocenters. The number of hydrogen-bond donors (Lipinski definition) is 9. The number of phosphoric ester groups is 1. The number of phosphoric acid groups is 1. The zero-order valence-corrected chi connectivity index (χ0v) is 37.4. The summed E-state index contributed by atoms with van der Waals surface area (Å²) in [6, 6.07) is -1.56. The molecule has 0 aromatic heterocycles. The summed E-state index contributed by atoms with van der Waals surface area (Å²) in [5.41, 5.74) is 11.5. The number of aliphatic hydroxyl groups excluding tert-OH is 6. The van der Waals surface area contributed by atoms with E-state index in [-0.39, 0.29) is 37.7 Å². The number of nitrogens with zero attached hydrogens (tertiary/aromatic N) is 2. The number of aliphatic hydroxyl groups is 6. The van der Waals surface area contributed by atoms with Gasteiger partial charge in [0, 0.05) is 12.8 Å². The fourth-order valence-corrected chi connectivity index (χ4v) is 6.27. The summed E-state index contributed by atoms with van der Waals surface area (Å²) in [5.74, 6) is -1.01. The van der Waals surface area contributed by atoms with E-state index >= 15 is 0 Å². The van der Waals surface area contributed by atoms with Gasteiger partial charge in [0.2, 0.25) is 0 Å². The Balaban J connectivity index is 0.00000102. The quantitative estimate of drug-likeness (QED) is 0.0133. The Morgan fingerprint density at radius 2 is 1.32 bits per heavy atom. The normalized spacial score (nSPS) is 24.1. The topological polar surface area (TPSA) is 308 Å². The number of carbonyl (C=O) groups is 2. The minimum absolute atomic E-state index is 0.0426. The average Bonchev–Trinajstić information content (AvgIpc) is 3.49. The summed E-state index contributed by atoms with van der Waals surface area (Å²) in [7, 11) is 1.41. The number of rotatable bonds is 28. The third-order valence-electron chi connectivity index (χ3n) is 9.52. The molecule has 2 amide bonds. The Bertz CT molecular complexity index is 1230. The SMILES string of the molecule is CC/C=C/[C@@H](O)[C@@H](N)COC1OC(CO)C(O)C(O)C1O.CCCCCCCCCCCCC/C=C/C(O)C(N)COP(=O)([O-])OCC[N+](C)(C)C.O=C1CCC(=O)N1O. The first kappa shape index (κ1) is 58.2. The number of imide groups is 1. The van der Waals surface area contributed by atoms with Gasteiger partial charge < -0.3 is 70.0 Å². The van der Waals surface area contributed by atoms with Crippen LogP contribution in [0.5, 0.6) is 0 Å². The Hall–Kier alpha value is -1.75. The van der Waals surface area contributed by atoms with Gasteiger partial charge in [-0.05, 0) is 19.3 Å². The molecule has 354 valence electrons. The van der Waals surface area contributed by atoms with Gasteiger partial charge >= 0.3 is 0 Å². The predicted octanol–water partition coefficient (Wildman–Crippen LogP) is 1.12. The molecule has 0 aromatic carbocycles. The third kappa shape index (κ3) is 27.3. The first-order valence-corrected chi connectivity index (χ1v) is 22.7. The summed E-state index contributed by atoms with van der Waals surface area (Å²) in [4.78, 5) is 32.2. The van der Waals surface area contributed by atoms with E-state index < -0.39 is 81.2 Å². The number of nitrogens with two attached hydrogens (primary N) is 2. The van der Waals surface area contributed by atoms with Crippen molar-refractivity contribution in [2.24, 2.45) is 11.5 Å². The summed E-state index contributed by atoms with van der Waals surface area (Å²) in [6.45, 7) is 3.77. The van der Waals surface area contributed by atoms with Crippen molar-refractivity contribution in [1.82, 2.24) is 5.06 Å². The van der Waals surface area contributed by atoms with Crippen LogP contribution in [-0.4, -0.2) is 166 Å². The van der Waals surface area contributed by atoms with Gasteiger partial charge in [-0.15, -0.1) is 0 Å². The molecule has 2 fully saturated rings. The number of quaternary nitrogens is 1. The van der Waals surface area contributed by atoms with E-state index in [1.807, 2.05) is 34.1 Å². The molecule has 8 unspecified atom stereocenters. The second kappa shape index (κ2) is 32.9. The number of carbonyl (C=O) groups excluding carboxylic acids is 2. The van der Waals surface area contributed by atoms with E-state index in [1.54, 1.807) is 18.2 Å². The maximum atomic E-state index is 11.8. The number of hydrogen-bond acceptors (Lipinski definition) is 17. The fraction of sp³-hybridized carbons (Fsp3) is 0.850. The molecule has 0 bridgehead atoms. The third-order valence-corrected chi connectivity index (χ3v) is 10.5. The van der Waals surface area contributed by atoms with Crippen LogP contribution in [0, 0.1) is 0 Å². The van der Waals surface area contributed by atoms with Crippen LogP contribution in [0.3, 0.4) is 0 Å². The van der Waals surface area contributed by atoms with Crippen molar-refractivity contribution >= 4 is 19.6 Å². The summed E-state index contributed by atoms with van der Waals surface area (Å²) >= 11 is 0. The Kier molecular flexibility index (Phi) is 31.9. The van der Waals surface area contributed by atoms with Crippen molar-refractivity contribution in [2.45, 2.75) is 165 Å². The molecular formula is C40H79N4O15P. The van der Waals surface area contributed by atoms with Crippen LogP contribution in [0.4, 0.5) is 0 Å². The van der Waals surface area contributed by atoms with Crippen LogP contribution >= 0.6 is 7.82 Å². The first-order valence-electron chi connectivity index (χ1n) is 21.3. The Morgan fingerprint density at radius 3 is 1.78 bits per heavy atom. The molecule has 2 saturated heterocycles. The largest absolute Gasteiger partial charge is 0.756 e. The maximum Gasteiger partial charge on any atom is 0.268 e. The molecular weight excluding hydrogens is 807 g/mol. The van der Waals surface area contributed by atoms with Crippen LogP contribution in [-0.2, 0) is 32.7 Å². The highest BCUT2D eigenvalue weighted by Crippen LogP contribution is 2.38. The van der Waals surface area contributed by atoms with Crippen LogP contribution in [0.2, 0.25) is 0 Å². The van der Waals surface area contributed by atoms with Crippen molar-refractivity contribution < 1.29 is 77.9 Å². The van der Waals surface area contributed by atoms with Crippen LogP contribution in [0.25, 0.3) is 0 Å². The van der Waals surface area contributed by atoms with Crippen molar-refractivity contribution in [3.05, 3.63) is 24.3 Å². The lowest BCUT2D eigenvalue weighted by molar-refractivity contribution is -0.870. The lowest BCUT2D eigenvalue weighted by Gasteiger charge is -2.39. The molecule has 0 radical (unpaired) electrons. The van der Waals surface area contributed by atoms with Crippen LogP contribution in [0.15, 0.2) is 24.3 Å². The maximum absolute atomic E-state index is 11.8. The summed E-state index contributed by atoms with van der Waals surface area (Å²) in [6.07, 6.45) is 14.6. The second-order valence-corrected chi connectivity index (χ2v) is 17.5. The molecule has 2 rings (SSSR count). The van der Waals surface area contributed by atoms with Gasteiger partial charge in [0.15, 0.2) is 6.29 Å². The van der Waals surface area contributed by atoms with E-state index in [9.17, 15) is 44.6 Å². The van der Waals surface area contributed by atoms with Crippen LogP contribution < -0.4 is 16.4 Å². The predicted molar refractivity (Wildman–Crippen MR) is 223 cm³/mol. The van der Waals surface area contributed by atoms with Crippen molar-refractivity contribution in [1.29, 1.82) is 0 Å². The molecule has 2 aliphatic heterocycles. The van der Waals surface area contributed by atoms with Gasteiger partial charge in [-0.1, -0.05) is 102 Å². The van der Waals surface area contributed by atoms with Crippen molar-refractivity contribution in [2.75, 3.05) is 54.1 Å². The molecule has 0 spiro atoms.